The fourth-order valence-electron chi connectivity index (χ4n) is 3.06. The third-order valence-electron chi connectivity index (χ3n) is 4.59. The van der Waals surface area contributed by atoms with Crippen LogP contribution in [0.2, 0.25) is 5.02 Å². The molecule has 2 heterocycles. The average Bonchev–Trinajstić information content (AvgIpc) is 3.33. The van der Waals surface area contributed by atoms with Crippen molar-refractivity contribution < 1.29 is 4.42 Å². The molecule has 4 aromatic rings. The quantitative estimate of drug-likeness (QED) is 0.414. The van der Waals surface area contributed by atoms with E-state index < -0.39 is 0 Å². The van der Waals surface area contributed by atoms with Crippen molar-refractivity contribution in [1.29, 1.82) is 0 Å². The van der Waals surface area contributed by atoms with E-state index in [1.54, 1.807) is 11.8 Å². The number of hydrogen-bond donors (Lipinski definition) is 0. The maximum absolute atomic E-state index is 6.16. The number of imidazole rings is 1. The van der Waals surface area contributed by atoms with Crippen molar-refractivity contribution in [3.8, 4) is 0 Å². The molecule has 136 valence electrons. The van der Waals surface area contributed by atoms with Crippen LogP contribution in [0.25, 0.3) is 11.0 Å². The highest BCUT2D eigenvalue weighted by Gasteiger charge is 2.29. The Morgan fingerprint density at radius 1 is 1.11 bits per heavy atom. The van der Waals surface area contributed by atoms with E-state index in [1.807, 2.05) is 24.3 Å². The lowest BCUT2D eigenvalue weighted by atomic mass is 10.2. The zero-order chi connectivity index (χ0) is 18.2. The lowest BCUT2D eigenvalue weighted by Crippen LogP contribution is -2.01. The number of halogens is 1. The van der Waals surface area contributed by atoms with Crippen molar-refractivity contribution in [2.24, 2.45) is 0 Å². The fraction of sp³-hybridized carbons (Fsp3) is 0.250. The first-order valence-electron chi connectivity index (χ1n) is 8.91. The van der Waals surface area contributed by atoms with Crippen LogP contribution in [0.1, 0.15) is 36.1 Å². The number of benzene rings is 2. The Labute approximate surface area is 165 Å². The van der Waals surface area contributed by atoms with E-state index in [4.69, 9.17) is 21.0 Å². The second-order valence-electron chi connectivity index (χ2n) is 6.70. The molecule has 1 aliphatic carbocycles. The molecule has 0 bridgehead atoms. The molecule has 1 fully saturated rings. The molecule has 1 saturated carbocycles. The molecular formula is C20H17ClN4OS. The number of fused-ring (bicyclic) bond motifs is 1. The van der Waals surface area contributed by atoms with Crippen LogP contribution in [-0.4, -0.2) is 19.7 Å². The monoisotopic (exact) mass is 396 g/mol. The summed E-state index contributed by atoms with van der Waals surface area (Å²) in [6.45, 7) is 0.748. The van der Waals surface area contributed by atoms with Gasteiger partial charge in [0, 0.05) is 10.9 Å². The van der Waals surface area contributed by atoms with E-state index in [2.05, 4.69) is 39.0 Å². The van der Waals surface area contributed by atoms with E-state index in [0.29, 0.717) is 22.6 Å². The van der Waals surface area contributed by atoms with Gasteiger partial charge >= 0.3 is 0 Å². The van der Waals surface area contributed by atoms with Gasteiger partial charge in [0.05, 0.1) is 23.3 Å². The molecule has 0 radical (unpaired) electrons. The zero-order valence-electron chi connectivity index (χ0n) is 14.5. The first-order valence-corrected chi connectivity index (χ1v) is 10.3. The topological polar surface area (TPSA) is 56.7 Å². The molecule has 7 heteroatoms. The van der Waals surface area contributed by atoms with Crippen molar-refractivity contribution in [2.75, 3.05) is 0 Å². The highest BCUT2D eigenvalue weighted by molar-refractivity contribution is 7.98. The minimum Gasteiger partial charge on any atom is -0.424 e. The lowest BCUT2D eigenvalue weighted by Gasteiger charge is -2.08. The van der Waals surface area contributed by atoms with Crippen LogP contribution in [0, 0.1) is 0 Å². The van der Waals surface area contributed by atoms with Gasteiger partial charge in [-0.3, -0.25) is 0 Å². The molecule has 0 unspecified atom stereocenters. The van der Waals surface area contributed by atoms with Gasteiger partial charge in [-0.15, -0.1) is 10.2 Å². The van der Waals surface area contributed by atoms with E-state index >= 15 is 0 Å². The van der Waals surface area contributed by atoms with Crippen molar-refractivity contribution >= 4 is 34.4 Å². The van der Waals surface area contributed by atoms with Crippen molar-refractivity contribution in [3.63, 3.8) is 0 Å². The number of rotatable bonds is 6. The predicted octanol–water partition coefficient (Wildman–Crippen LogP) is 5.29. The average molecular weight is 397 g/mol. The maximum Gasteiger partial charge on any atom is 0.226 e. The van der Waals surface area contributed by atoms with Gasteiger partial charge in [-0.05, 0) is 36.6 Å². The SMILES string of the molecule is Clc1ccc2c(c1)nc(SCc1nnc(C3CC3)o1)n2Cc1ccccc1. The molecule has 2 aromatic heterocycles. The molecule has 0 N–H and O–H groups in total. The number of thioether (sulfide) groups is 1. The Kier molecular flexibility index (Phi) is 4.38. The Morgan fingerprint density at radius 3 is 2.78 bits per heavy atom. The summed E-state index contributed by atoms with van der Waals surface area (Å²) in [5, 5.41) is 9.95. The molecule has 0 amide bonds. The Balaban J connectivity index is 1.44. The summed E-state index contributed by atoms with van der Waals surface area (Å²) in [6.07, 6.45) is 2.31. The lowest BCUT2D eigenvalue weighted by molar-refractivity contribution is 0.466. The molecular weight excluding hydrogens is 380 g/mol. The Bertz CT molecular complexity index is 1090. The van der Waals surface area contributed by atoms with Crippen LogP contribution in [-0.2, 0) is 12.3 Å². The molecule has 0 saturated heterocycles. The van der Waals surface area contributed by atoms with Crippen LogP contribution in [0.5, 0.6) is 0 Å². The molecule has 5 nitrogen and oxygen atoms in total. The normalized spacial score (nSPS) is 14.1. The summed E-state index contributed by atoms with van der Waals surface area (Å²) in [5.41, 5.74) is 3.18. The maximum atomic E-state index is 6.16. The highest BCUT2D eigenvalue weighted by Crippen LogP contribution is 2.39. The van der Waals surface area contributed by atoms with Gasteiger partial charge in [0.25, 0.3) is 0 Å². The van der Waals surface area contributed by atoms with Crippen LogP contribution in [0.15, 0.2) is 58.1 Å². The largest absolute Gasteiger partial charge is 0.424 e. The van der Waals surface area contributed by atoms with Crippen LogP contribution >= 0.6 is 23.4 Å². The molecule has 2 aromatic carbocycles. The number of nitrogens with zero attached hydrogens (tertiary/aromatic N) is 4. The van der Waals surface area contributed by atoms with Crippen molar-refractivity contribution in [2.45, 2.75) is 36.2 Å². The van der Waals surface area contributed by atoms with Gasteiger partial charge in [-0.2, -0.15) is 0 Å². The third kappa shape index (κ3) is 3.59. The summed E-state index contributed by atoms with van der Waals surface area (Å²) in [7, 11) is 0. The first kappa shape index (κ1) is 16.8. The van der Waals surface area contributed by atoms with Gasteiger partial charge < -0.3 is 8.98 Å². The predicted molar refractivity (Wildman–Crippen MR) is 106 cm³/mol. The number of aromatic nitrogens is 4. The van der Waals surface area contributed by atoms with E-state index in [-0.39, 0.29) is 0 Å². The van der Waals surface area contributed by atoms with Crippen LogP contribution < -0.4 is 0 Å². The first-order chi connectivity index (χ1) is 13.3. The summed E-state index contributed by atoms with van der Waals surface area (Å²) >= 11 is 7.77. The third-order valence-corrected chi connectivity index (χ3v) is 5.79. The minimum atomic E-state index is 0.473. The second kappa shape index (κ2) is 7.02. The van der Waals surface area contributed by atoms with Crippen molar-refractivity contribution in [1.82, 2.24) is 19.7 Å². The van der Waals surface area contributed by atoms with Crippen molar-refractivity contribution in [3.05, 3.63) is 70.9 Å². The molecule has 1 aliphatic rings. The summed E-state index contributed by atoms with van der Waals surface area (Å²) < 4.78 is 7.99. The van der Waals surface area contributed by atoms with Crippen LogP contribution in [0.3, 0.4) is 0 Å². The Morgan fingerprint density at radius 2 is 1.96 bits per heavy atom. The number of hydrogen-bond acceptors (Lipinski definition) is 5. The summed E-state index contributed by atoms with van der Waals surface area (Å²) in [4.78, 5) is 4.79. The zero-order valence-corrected chi connectivity index (χ0v) is 16.1. The molecule has 5 rings (SSSR count). The fourth-order valence-corrected chi connectivity index (χ4v) is 4.07. The summed E-state index contributed by atoms with van der Waals surface area (Å²) in [6, 6.07) is 16.2. The molecule has 0 aliphatic heterocycles. The molecule has 0 atom stereocenters. The minimum absolute atomic E-state index is 0.473. The van der Waals surface area contributed by atoms with E-state index in [0.717, 1.165) is 41.5 Å². The standard InChI is InChI=1S/C20H17ClN4OS/c21-15-8-9-17-16(10-15)22-20(25(17)11-13-4-2-1-3-5-13)27-12-18-23-24-19(26-18)14-6-7-14/h1-5,8-10,14H,6-7,11-12H2. The molecule has 27 heavy (non-hydrogen) atoms. The van der Waals surface area contributed by atoms with E-state index in [9.17, 15) is 0 Å². The molecule has 0 spiro atoms. The second-order valence-corrected chi connectivity index (χ2v) is 8.08. The van der Waals surface area contributed by atoms with Gasteiger partial charge in [0.15, 0.2) is 5.16 Å². The highest BCUT2D eigenvalue weighted by atomic mass is 35.5. The van der Waals surface area contributed by atoms with Crippen LogP contribution in [0.4, 0.5) is 0 Å². The Hall–Kier alpha value is -2.31. The van der Waals surface area contributed by atoms with Gasteiger partial charge in [-0.1, -0.05) is 53.7 Å². The smallest absolute Gasteiger partial charge is 0.226 e. The van der Waals surface area contributed by atoms with Gasteiger partial charge in [-0.25, -0.2) is 4.98 Å². The summed E-state index contributed by atoms with van der Waals surface area (Å²) in [5.74, 6) is 2.50. The van der Waals surface area contributed by atoms with Gasteiger partial charge in [0.1, 0.15) is 0 Å². The van der Waals surface area contributed by atoms with Gasteiger partial charge in [0.2, 0.25) is 11.8 Å². The van der Waals surface area contributed by atoms with E-state index in [1.165, 1.54) is 5.56 Å².